The van der Waals surface area contributed by atoms with Crippen molar-refractivity contribution in [3.63, 3.8) is 0 Å². The van der Waals surface area contributed by atoms with Crippen LogP contribution in [0.3, 0.4) is 0 Å². The third-order valence-corrected chi connectivity index (χ3v) is 9.11. The molecule has 6 rings (SSSR count). The molecule has 1 aliphatic heterocycles. The van der Waals surface area contributed by atoms with E-state index in [2.05, 4.69) is 0 Å². The van der Waals surface area contributed by atoms with Crippen molar-refractivity contribution in [2.24, 2.45) is 0 Å². The molecule has 5 aromatic carbocycles. The van der Waals surface area contributed by atoms with E-state index in [4.69, 9.17) is 25.8 Å². The van der Waals surface area contributed by atoms with Crippen LogP contribution in [0.15, 0.2) is 133 Å². The molecule has 5 atom stereocenters. The summed E-state index contributed by atoms with van der Waals surface area (Å²) in [7, 11) is 0. The normalized spacial score (nSPS) is 21.3. The van der Waals surface area contributed by atoms with Crippen LogP contribution in [0.1, 0.15) is 46.4 Å². The van der Waals surface area contributed by atoms with E-state index in [0.29, 0.717) is 23.6 Å². The average Bonchev–Trinajstić information content (AvgIpc) is 3.12. The summed E-state index contributed by atoms with van der Waals surface area (Å²) in [5.41, 5.74) is 4.17. The van der Waals surface area contributed by atoms with Gasteiger partial charge >= 0.3 is 0 Å². The number of hydrogen-bond acceptors (Lipinski definition) is 6. The summed E-state index contributed by atoms with van der Waals surface area (Å²) >= 11 is 6.62. The Kier molecular flexibility index (Phi) is 10.4. The molecule has 0 spiro atoms. The van der Waals surface area contributed by atoms with Gasteiger partial charge in [-0.2, -0.15) is 0 Å². The van der Waals surface area contributed by atoms with Gasteiger partial charge in [-0.05, 0) is 64.9 Å². The summed E-state index contributed by atoms with van der Waals surface area (Å²) in [6, 6.07) is 43.0. The zero-order valence-electron chi connectivity index (χ0n) is 26.2. The number of rotatable bonds is 11. The van der Waals surface area contributed by atoms with Crippen LogP contribution in [-0.2, 0) is 21.5 Å². The zero-order valence-corrected chi connectivity index (χ0v) is 26.9. The SMILES string of the molecule is CCOc1ccc(Cc2cc([C@@H]3O[C@H](COC(c4ccccc4)(c4ccccc4)c4ccccc4)[C@@H](O)[C@H](O)[C@H]3O)ccc2Cl)cc1. The Hall–Kier alpha value is -4.01. The van der Waals surface area contributed by atoms with E-state index < -0.39 is 36.1 Å². The van der Waals surface area contributed by atoms with E-state index in [-0.39, 0.29) is 6.61 Å². The van der Waals surface area contributed by atoms with Crippen molar-refractivity contribution in [3.05, 3.63) is 172 Å². The number of ether oxygens (including phenoxy) is 3. The Balaban J connectivity index is 1.30. The monoisotopic (exact) mass is 650 g/mol. The third-order valence-electron chi connectivity index (χ3n) is 8.74. The van der Waals surface area contributed by atoms with Crippen LogP contribution < -0.4 is 4.74 Å². The first-order valence-corrected chi connectivity index (χ1v) is 16.3. The van der Waals surface area contributed by atoms with Crippen LogP contribution in [0.2, 0.25) is 5.02 Å². The standard InChI is InChI=1S/C40H39ClO6/c1-2-45-33-21-18-27(19-22-33)24-29-25-28(20-23-34(29)41)39-38(44)37(43)36(42)35(47-39)26-46-40(30-12-6-3-7-13-30,31-14-8-4-9-15-31)32-16-10-5-11-17-32/h3-23,25,35-39,42-44H,2,24,26H2,1H3/t35-,36-,37+,38-,39+/m1/s1. The van der Waals surface area contributed by atoms with E-state index in [9.17, 15) is 15.3 Å². The van der Waals surface area contributed by atoms with E-state index in [1.165, 1.54) is 0 Å². The molecule has 6 nitrogen and oxygen atoms in total. The lowest BCUT2D eigenvalue weighted by Gasteiger charge is -2.43. The van der Waals surface area contributed by atoms with Gasteiger partial charge in [0, 0.05) is 5.02 Å². The highest BCUT2D eigenvalue weighted by Crippen LogP contribution is 2.42. The Morgan fingerprint density at radius 3 is 1.77 bits per heavy atom. The molecule has 0 amide bonds. The fourth-order valence-corrected chi connectivity index (χ4v) is 6.52. The average molecular weight is 651 g/mol. The molecule has 0 radical (unpaired) electrons. The van der Waals surface area contributed by atoms with Gasteiger partial charge in [-0.15, -0.1) is 0 Å². The maximum atomic E-state index is 11.2. The molecule has 3 N–H and O–H groups in total. The van der Waals surface area contributed by atoms with Gasteiger partial charge < -0.3 is 29.5 Å². The van der Waals surface area contributed by atoms with Crippen LogP contribution >= 0.6 is 11.6 Å². The number of hydrogen-bond donors (Lipinski definition) is 3. The van der Waals surface area contributed by atoms with Crippen LogP contribution in [-0.4, -0.2) is 52.9 Å². The third kappa shape index (κ3) is 6.99. The fourth-order valence-electron chi connectivity index (χ4n) is 6.34. The smallest absolute Gasteiger partial charge is 0.143 e. The molecule has 1 saturated heterocycles. The molecule has 1 fully saturated rings. The van der Waals surface area contributed by atoms with E-state index in [1.54, 1.807) is 12.1 Å². The highest BCUT2D eigenvalue weighted by Gasteiger charge is 2.46. The minimum absolute atomic E-state index is 0.0766. The summed E-state index contributed by atoms with van der Waals surface area (Å²) in [5, 5.41) is 34.0. The van der Waals surface area contributed by atoms with E-state index in [0.717, 1.165) is 33.6 Å². The molecule has 0 unspecified atom stereocenters. The van der Waals surface area contributed by atoms with Crippen molar-refractivity contribution in [1.29, 1.82) is 0 Å². The largest absolute Gasteiger partial charge is 0.494 e. The lowest BCUT2D eigenvalue weighted by molar-refractivity contribution is -0.240. The van der Waals surface area contributed by atoms with Gasteiger partial charge in [0.1, 0.15) is 41.9 Å². The van der Waals surface area contributed by atoms with Crippen molar-refractivity contribution in [2.45, 2.75) is 49.5 Å². The molecular formula is C40H39ClO6. The van der Waals surface area contributed by atoms with Gasteiger partial charge in [0.25, 0.3) is 0 Å². The Bertz CT molecular complexity index is 1620. The van der Waals surface area contributed by atoms with Gasteiger partial charge in [-0.3, -0.25) is 0 Å². The lowest BCUT2D eigenvalue weighted by Crippen LogP contribution is -2.56. The second kappa shape index (κ2) is 14.8. The van der Waals surface area contributed by atoms with E-state index in [1.807, 2.05) is 128 Å². The zero-order chi connectivity index (χ0) is 32.8. The molecule has 5 aromatic rings. The number of halogens is 1. The minimum atomic E-state index is -1.47. The molecule has 242 valence electrons. The van der Waals surface area contributed by atoms with Gasteiger partial charge in [0.05, 0.1) is 13.2 Å². The summed E-state index contributed by atoms with van der Waals surface area (Å²) in [6.07, 6.45) is -5.57. The fraction of sp³-hybridized carbons (Fsp3) is 0.250. The van der Waals surface area contributed by atoms with Crippen molar-refractivity contribution in [3.8, 4) is 5.75 Å². The molecule has 0 saturated carbocycles. The van der Waals surface area contributed by atoms with Gasteiger partial charge in [-0.25, -0.2) is 0 Å². The summed E-state index contributed by atoms with van der Waals surface area (Å²) < 4.78 is 18.9. The number of aliphatic hydroxyl groups excluding tert-OH is 3. The molecule has 1 heterocycles. The number of benzene rings is 5. The van der Waals surface area contributed by atoms with Crippen molar-refractivity contribution in [1.82, 2.24) is 0 Å². The van der Waals surface area contributed by atoms with Crippen molar-refractivity contribution in [2.75, 3.05) is 13.2 Å². The van der Waals surface area contributed by atoms with Crippen LogP contribution in [0.4, 0.5) is 0 Å². The molecule has 0 aliphatic carbocycles. The van der Waals surface area contributed by atoms with Crippen LogP contribution in [0.5, 0.6) is 5.75 Å². The molecule has 1 aliphatic rings. The predicted molar refractivity (Wildman–Crippen MR) is 183 cm³/mol. The topological polar surface area (TPSA) is 88.4 Å². The first kappa shape index (κ1) is 32.9. The molecule has 47 heavy (non-hydrogen) atoms. The van der Waals surface area contributed by atoms with Crippen molar-refractivity contribution < 1.29 is 29.5 Å². The Labute approximate surface area is 280 Å². The van der Waals surface area contributed by atoms with Gasteiger partial charge in [-0.1, -0.05) is 127 Å². The van der Waals surface area contributed by atoms with Gasteiger partial charge in [0.2, 0.25) is 0 Å². The lowest BCUT2D eigenvalue weighted by atomic mass is 9.80. The van der Waals surface area contributed by atoms with Gasteiger partial charge in [0.15, 0.2) is 0 Å². The highest BCUT2D eigenvalue weighted by atomic mass is 35.5. The number of aliphatic hydroxyl groups is 3. The predicted octanol–water partition coefficient (Wildman–Crippen LogP) is 6.86. The second-order valence-corrected chi connectivity index (χ2v) is 12.2. The Morgan fingerprint density at radius 1 is 0.681 bits per heavy atom. The summed E-state index contributed by atoms with van der Waals surface area (Å²) in [5.74, 6) is 0.798. The first-order chi connectivity index (χ1) is 22.9. The Morgan fingerprint density at radius 2 is 1.23 bits per heavy atom. The minimum Gasteiger partial charge on any atom is -0.494 e. The maximum Gasteiger partial charge on any atom is 0.143 e. The highest BCUT2D eigenvalue weighted by molar-refractivity contribution is 6.31. The summed E-state index contributed by atoms with van der Waals surface area (Å²) in [4.78, 5) is 0. The van der Waals surface area contributed by atoms with Crippen LogP contribution in [0.25, 0.3) is 0 Å². The summed E-state index contributed by atoms with van der Waals surface area (Å²) in [6.45, 7) is 2.46. The first-order valence-electron chi connectivity index (χ1n) is 15.9. The molecule has 0 bridgehead atoms. The second-order valence-electron chi connectivity index (χ2n) is 11.8. The molecule has 0 aromatic heterocycles. The maximum absolute atomic E-state index is 11.2. The van der Waals surface area contributed by atoms with Crippen LogP contribution in [0, 0.1) is 0 Å². The molecule has 7 heteroatoms. The molecular weight excluding hydrogens is 612 g/mol. The van der Waals surface area contributed by atoms with Crippen molar-refractivity contribution >= 4 is 11.6 Å². The van der Waals surface area contributed by atoms with E-state index >= 15 is 0 Å². The quantitative estimate of drug-likeness (QED) is 0.135.